The van der Waals surface area contributed by atoms with Gasteiger partial charge in [0.05, 0.1) is 11.3 Å². The quantitative estimate of drug-likeness (QED) is 0.835. The van der Waals surface area contributed by atoms with Gasteiger partial charge in [0.25, 0.3) is 0 Å². The van der Waals surface area contributed by atoms with Gasteiger partial charge in [-0.05, 0) is 37.1 Å². The van der Waals surface area contributed by atoms with Gasteiger partial charge in [0.2, 0.25) is 0 Å². The van der Waals surface area contributed by atoms with Crippen LogP contribution in [0.15, 0.2) is 47.4 Å². The number of aromatic carboxylic acids is 1. The highest BCUT2D eigenvalue weighted by atomic mass is 32.1. The van der Waals surface area contributed by atoms with Gasteiger partial charge >= 0.3 is 5.97 Å². The van der Waals surface area contributed by atoms with Crippen LogP contribution < -0.4 is 9.64 Å². The Hall–Kier alpha value is -2.14. The van der Waals surface area contributed by atoms with Gasteiger partial charge in [-0.25, -0.2) is 4.79 Å². The molecule has 4 nitrogen and oxygen atoms in total. The number of rotatable bonds is 4. The summed E-state index contributed by atoms with van der Waals surface area (Å²) in [6, 6.07) is 12.7. The van der Waals surface area contributed by atoms with Gasteiger partial charge in [-0.15, -0.1) is 12.6 Å². The summed E-state index contributed by atoms with van der Waals surface area (Å²) in [5.74, 6) is 0.366. The van der Waals surface area contributed by atoms with Crippen LogP contribution in [0.2, 0.25) is 0 Å². The Bertz CT molecular complexity index is 682. The third-order valence-corrected chi connectivity index (χ3v) is 4.04. The maximum absolute atomic E-state index is 11.3. The molecule has 0 aromatic heterocycles. The Balaban J connectivity index is 2.04. The number of benzene rings is 2. The van der Waals surface area contributed by atoms with E-state index in [-0.39, 0.29) is 5.56 Å². The summed E-state index contributed by atoms with van der Waals surface area (Å²) in [6.07, 6.45) is 2.20. The lowest BCUT2D eigenvalue weighted by atomic mass is 10.1. The maximum Gasteiger partial charge on any atom is 0.335 e. The molecule has 114 valence electrons. The second kappa shape index (κ2) is 6.32. The number of hydrogen-bond donors (Lipinski definition) is 2. The van der Waals surface area contributed by atoms with Crippen LogP contribution >= 0.6 is 12.6 Å². The smallest absolute Gasteiger partial charge is 0.335 e. The minimum absolute atomic E-state index is 0.229. The number of carbonyl (C=O) groups is 1. The number of nitrogens with zero attached hydrogens (tertiary/aromatic N) is 1. The molecule has 3 rings (SSSR count). The lowest BCUT2D eigenvalue weighted by molar-refractivity contribution is 0.0696. The second-order valence-corrected chi connectivity index (χ2v) is 5.74. The van der Waals surface area contributed by atoms with Crippen LogP contribution in [0.25, 0.3) is 0 Å². The van der Waals surface area contributed by atoms with E-state index in [4.69, 9.17) is 4.74 Å². The normalized spacial score (nSPS) is 14.1. The standard InChI is InChI=1S/C17H17NO3S/c19-17(20)12-10-14(18-8-4-5-9-18)16(15(22)11-12)21-13-6-2-1-3-7-13/h1-3,6-7,10-11,22H,4-5,8-9H2,(H,19,20). The third-order valence-electron chi connectivity index (χ3n) is 3.71. The number of anilines is 1. The van der Waals surface area contributed by atoms with E-state index in [0.717, 1.165) is 31.6 Å². The Morgan fingerprint density at radius 2 is 1.82 bits per heavy atom. The van der Waals surface area contributed by atoms with Crippen molar-refractivity contribution in [2.24, 2.45) is 0 Å². The maximum atomic E-state index is 11.3. The summed E-state index contributed by atoms with van der Waals surface area (Å²) in [4.78, 5) is 14.0. The number of hydrogen-bond acceptors (Lipinski definition) is 4. The van der Waals surface area contributed by atoms with Crippen LogP contribution in [0.4, 0.5) is 5.69 Å². The Labute approximate surface area is 134 Å². The topological polar surface area (TPSA) is 49.8 Å². The molecule has 0 saturated carbocycles. The SMILES string of the molecule is O=C(O)c1cc(S)c(Oc2ccccc2)c(N2CCCC2)c1. The first-order valence-electron chi connectivity index (χ1n) is 7.23. The molecule has 0 amide bonds. The van der Waals surface area contributed by atoms with Crippen molar-refractivity contribution >= 4 is 24.3 Å². The zero-order valence-corrected chi connectivity index (χ0v) is 12.9. The van der Waals surface area contributed by atoms with Crippen molar-refractivity contribution < 1.29 is 14.6 Å². The van der Waals surface area contributed by atoms with Gasteiger partial charge in [0.15, 0.2) is 5.75 Å². The lowest BCUT2D eigenvalue weighted by Gasteiger charge is -2.23. The number of carboxylic acids is 1. The zero-order chi connectivity index (χ0) is 15.5. The van der Waals surface area contributed by atoms with E-state index in [1.165, 1.54) is 6.07 Å². The van der Waals surface area contributed by atoms with E-state index < -0.39 is 5.97 Å². The van der Waals surface area contributed by atoms with Crippen molar-refractivity contribution in [3.63, 3.8) is 0 Å². The van der Waals surface area contributed by atoms with Gasteiger partial charge in [-0.3, -0.25) is 0 Å². The average Bonchev–Trinajstić information content (AvgIpc) is 3.04. The Morgan fingerprint density at radius 3 is 2.45 bits per heavy atom. The highest BCUT2D eigenvalue weighted by Crippen LogP contribution is 2.40. The summed E-state index contributed by atoms with van der Waals surface area (Å²) in [6.45, 7) is 1.81. The van der Waals surface area contributed by atoms with Gasteiger partial charge in [-0.1, -0.05) is 18.2 Å². The minimum Gasteiger partial charge on any atom is -0.478 e. The fourth-order valence-corrected chi connectivity index (χ4v) is 2.93. The van der Waals surface area contributed by atoms with E-state index in [2.05, 4.69) is 17.5 Å². The molecule has 2 aromatic carbocycles. The van der Waals surface area contributed by atoms with Crippen molar-refractivity contribution in [2.75, 3.05) is 18.0 Å². The second-order valence-electron chi connectivity index (χ2n) is 5.26. The van der Waals surface area contributed by atoms with Crippen LogP contribution in [0.3, 0.4) is 0 Å². The summed E-state index contributed by atoms with van der Waals surface area (Å²) in [5, 5.41) is 9.26. The molecule has 1 N–H and O–H groups in total. The van der Waals surface area contributed by atoms with E-state index >= 15 is 0 Å². The van der Waals surface area contributed by atoms with E-state index in [9.17, 15) is 9.90 Å². The van der Waals surface area contributed by atoms with Gasteiger partial charge in [0, 0.05) is 18.0 Å². The van der Waals surface area contributed by atoms with E-state index in [1.807, 2.05) is 30.3 Å². The molecular formula is C17H17NO3S. The molecule has 0 bridgehead atoms. The summed E-state index contributed by atoms with van der Waals surface area (Å²) >= 11 is 4.44. The number of ether oxygens (including phenoxy) is 1. The van der Waals surface area contributed by atoms with E-state index in [1.54, 1.807) is 6.07 Å². The highest BCUT2D eigenvalue weighted by Gasteiger charge is 2.21. The third kappa shape index (κ3) is 3.04. The predicted molar refractivity (Wildman–Crippen MR) is 88.6 cm³/mol. The molecule has 0 unspecified atom stereocenters. The molecule has 2 aromatic rings. The minimum atomic E-state index is -0.956. The number of thiol groups is 1. The highest BCUT2D eigenvalue weighted by molar-refractivity contribution is 7.80. The fourth-order valence-electron chi connectivity index (χ4n) is 2.63. The fraction of sp³-hybridized carbons (Fsp3) is 0.235. The van der Waals surface area contributed by atoms with Crippen molar-refractivity contribution in [3.8, 4) is 11.5 Å². The molecule has 5 heteroatoms. The average molecular weight is 315 g/mol. The Kier molecular flexibility index (Phi) is 4.24. The molecule has 0 spiro atoms. The molecule has 1 fully saturated rings. The monoisotopic (exact) mass is 315 g/mol. The van der Waals surface area contributed by atoms with Crippen molar-refractivity contribution in [1.82, 2.24) is 0 Å². The first-order valence-corrected chi connectivity index (χ1v) is 7.68. The van der Waals surface area contributed by atoms with Crippen LogP contribution in [-0.2, 0) is 0 Å². The van der Waals surface area contributed by atoms with Crippen LogP contribution in [-0.4, -0.2) is 24.2 Å². The van der Waals surface area contributed by atoms with Crippen LogP contribution in [0.5, 0.6) is 11.5 Å². The lowest BCUT2D eigenvalue weighted by Crippen LogP contribution is -2.19. The number of para-hydroxylation sites is 1. The first-order chi connectivity index (χ1) is 10.6. The largest absolute Gasteiger partial charge is 0.478 e. The van der Waals surface area contributed by atoms with E-state index in [0.29, 0.717) is 16.4 Å². The molecule has 1 heterocycles. The van der Waals surface area contributed by atoms with Crippen molar-refractivity contribution in [3.05, 3.63) is 48.0 Å². The molecule has 22 heavy (non-hydrogen) atoms. The molecule has 0 aliphatic carbocycles. The molecule has 0 radical (unpaired) electrons. The molecule has 1 aliphatic heterocycles. The van der Waals surface area contributed by atoms with Crippen molar-refractivity contribution in [2.45, 2.75) is 17.7 Å². The van der Waals surface area contributed by atoms with Gasteiger partial charge in [0.1, 0.15) is 5.75 Å². The summed E-state index contributed by atoms with van der Waals surface area (Å²) in [5.41, 5.74) is 1.03. The molecular weight excluding hydrogens is 298 g/mol. The van der Waals surface area contributed by atoms with Crippen LogP contribution in [0.1, 0.15) is 23.2 Å². The predicted octanol–water partition coefficient (Wildman–Crippen LogP) is 4.07. The summed E-state index contributed by atoms with van der Waals surface area (Å²) in [7, 11) is 0. The van der Waals surface area contributed by atoms with Gasteiger partial charge in [-0.2, -0.15) is 0 Å². The Morgan fingerprint density at radius 1 is 1.14 bits per heavy atom. The summed E-state index contributed by atoms with van der Waals surface area (Å²) < 4.78 is 5.98. The zero-order valence-electron chi connectivity index (χ0n) is 12.0. The number of carboxylic acid groups (broad SMARTS) is 1. The first kappa shape index (κ1) is 14.8. The van der Waals surface area contributed by atoms with Crippen LogP contribution in [0, 0.1) is 0 Å². The van der Waals surface area contributed by atoms with Gasteiger partial charge < -0.3 is 14.7 Å². The van der Waals surface area contributed by atoms with Crippen molar-refractivity contribution in [1.29, 1.82) is 0 Å². The molecule has 1 saturated heterocycles. The molecule has 1 aliphatic rings. The molecule has 0 atom stereocenters.